The molecule has 0 saturated heterocycles. The number of hydrogen-bond acceptors (Lipinski definition) is 5. The van der Waals surface area contributed by atoms with Crippen LogP contribution in [0.15, 0.2) is 46.8 Å². The van der Waals surface area contributed by atoms with Crippen molar-refractivity contribution in [2.75, 3.05) is 7.11 Å². The quantitative estimate of drug-likeness (QED) is 0.725. The Morgan fingerprint density at radius 2 is 1.90 bits per heavy atom. The Balaban J connectivity index is 1.79. The van der Waals surface area contributed by atoms with Crippen molar-refractivity contribution in [2.24, 2.45) is 5.41 Å². The molecule has 1 aliphatic heterocycles. The summed E-state index contributed by atoms with van der Waals surface area (Å²) < 4.78 is 11.3. The highest BCUT2D eigenvalue weighted by Crippen LogP contribution is 2.47. The maximum Gasteiger partial charge on any atom is 0.337 e. The van der Waals surface area contributed by atoms with Crippen LogP contribution in [0.25, 0.3) is 0 Å². The third-order valence-corrected chi connectivity index (χ3v) is 6.46. The molecular weight excluding hydrogens is 378 g/mol. The molecule has 5 nitrogen and oxygen atoms in total. The summed E-state index contributed by atoms with van der Waals surface area (Å²) in [7, 11) is 1.62. The molecule has 160 valence electrons. The van der Waals surface area contributed by atoms with E-state index >= 15 is 0 Å². The van der Waals surface area contributed by atoms with Crippen LogP contribution < -0.4 is 10.1 Å². The molecule has 1 atom stereocenters. The highest BCUT2D eigenvalue weighted by molar-refractivity contribution is 6.04. The van der Waals surface area contributed by atoms with Gasteiger partial charge >= 0.3 is 5.97 Å². The van der Waals surface area contributed by atoms with Crippen LogP contribution in [-0.4, -0.2) is 25.0 Å². The molecule has 3 aliphatic rings. The Morgan fingerprint density at radius 1 is 1.17 bits per heavy atom. The van der Waals surface area contributed by atoms with Gasteiger partial charge in [0.15, 0.2) is 5.78 Å². The fraction of sp³-hybridized carbons (Fsp3) is 0.520. The fourth-order valence-electron chi connectivity index (χ4n) is 5.08. The summed E-state index contributed by atoms with van der Waals surface area (Å²) in [4.78, 5) is 26.6. The Kier molecular flexibility index (Phi) is 5.48. The Bertz CT molecular complexity index is 934. The predicted octanol–water partition coefficient (Wildman–Crippen LogP) is 4.79. The van der Waals surface area contributed by atoms with Crippen LogP contribution in [0.4, 0.5) is 0 Å². The van der Waals surface area contributed by atoms with Crippen molar-refractivity contribution in [3.63, 3.8) is 0 Å². The minimum Gasteiger partial charge on any atom is -0.497 e. The van der Waals surface area contributed by atoms with Crippen LogP contribution in [-0.2, 0) is 14.3 Å². The lowest BCUT2D eigenvalue weighted by atomic mass is 9.68. The summed E-state index contributed by atoms with van der Waals surface area (Å²) in [6, 6.07) is 7.66. The summed E-state index contributed by atoms with van der Waals surface area (Å²) in [5.74, 6) is 0.0518. The van der Waals surface area contributed by atoms with Gasteiger partial charge in [0.05, 0.1) is 12.7 Å². The molecular formula is C25H31NO4. The SMILES string of the molecule is COc1cccc(C2C(C(=O)OC3CCCC3)=C(C)NC3=C2C(=O)CC(C)(C)C3)c1. The Morgan fingerprint density at radius 3 is 2.60 bits per heavy atom. The standard InChI is InChI=1S/C25H31NO4/c1-15-21(24(28)30-17-9-5-6-10-17)22(16-8-7-11-18(12-16)29-4)23-19(26-15)13-25(2,3)14-20(23)27/h7-8,11-12,17,22,26H,5-6,9-10,13-14H2,1-4H3. The lowest BCUT2D eigenvalue weighted by Gasteiger charge is -2.39. The zero-order chi connectivity index (χ0) is 21.5. The molecule has 4 rings (SSSR count). The highest BCUT2D eigenvalue weighted by Gasteiger charge is 2.43. The summed E-state index contributed by atoms with van der Waals surface area (Å²) in [6.07, 6.45) is 5.23. The molecule has 0 bridgehead atoms. The van der Waals surface area contributed by atoms with Gasteiger partial charge in [0, 0.05) is 29.3 Å². The van der Waals surface area contributed by atoms with Gasteiger partial charge in [-0.25, -0.2) is 4.79 Å². The number of nitrogens with one attached hydrogen (secondary N) is 1. The molecule has 5 heteroatoms. The van der Waals surface area contributed by atoms with Crippen LogP contribution in [0.3, 0.4) is 0 Å². The zero-order valence-corrected chi connectivity index (χ0v) is 18.3. The maximum atomic E-state index is 13.3. The zero-order valence-electron chi connectivity index (χ0n) is 18.3. The molecule has 0 aromatic heterocycles. The molecule has 0 amide bonds. The molecule has 1 unspecified atom stereocenters. The number of rotatable bonds is 4. The van der Waals surface area contributed by atoms with E-state index in [2.05, 4.69) is 19.2 Å². The van der Waals surface area contributed by atoms with Crippen molar-refractivity contribution in [3.05, 3.63) is 52.4 Å². The van der Waals surface area contributed by atoms with E-state index in [4.69, 9.17) is 9.47 Å². The average molecular weight is 410 g/mol. The molecule has 1 aromatic rings. The number of allylic oxidation sites excluding steroid dienone is 3. The van der Waals surface area contributed by atoms with Crippen LogP contribution in [0.1, 0.15) is 70.8 Å². The third-order valence-electron chi connectivity index (χ3n) is 6.46. The smallest absolute Gasteiger partial charge is 0.337 e. The van der Waals surface area contributed by atoms with Crippen molar-refractivity contribution in [2.45, 2.75) is 71.3 Å². The number of esters is 1. The summed E-state index contributed by atoms with van der Waals surface area (Å²) in [5.41, 5.74) is 3.72. The molecule has 1 aromatic carbocycles. The average Bonchev–Trinajstić information content (AvgIpc) is 3.18. The van der Waals surface area contributed by atoms with Gasteiger partial charge in [-0.2, -0.15) is 0 Å². The van der Waals surface area contributed by atoms with E-state index in [0.29, 0.717) is 23.3 Å². The first-order valence-electron chi connectivity index (χ1n) is 10.9. The first-order valence-corrected chi connectivity index (χ1v) is 10.9. The number of hydrogen-bond donors (Lipinski definition) is 1. The van der Waals surface area contributed by atoms with Crippen molar-refractivity contribution in [3.8, 4) is 5.75 Å². The summed E-state index contributed by atoms with van der Waals surface area (Å²) in [6.45, 7) is 6.13. The van der Waals surface area contributed by atoms with Crippen molar-refractivity contribution < 1.29 is 19.1 Å². The Hall–Kier alpha value is -2.56. The normalized spacial score (nSPS) is 23.9. The number of benzene rings is 1. The molecule has 1 fully saturated rings. The monoisotopic (exact) mass is 409 g/mol. The van der Waals surface area contributed by atoms with E-state index < -0.39 is 5.92 Å². The number of ether oxygens (including phenoxy) is 2. The van der Waals surface area contributed by atoms with Crippen molar-refractivity contribution in [1.29, 1.82) is 0 Å². The molecule has 2 aliphatic carbocycles. The molecule has 1 heterocycles. The number of carbonyl (C=O) groups excluding carboxylic acids is 2. The van der Waals surface area contributed by atoms with E-state index in [-0.39, 0.29) is 23.3 Å². The number of dihydropyridines is 1. The van der Waals surface area contributed by atoms with Gasteiger partial charge in [-0.3, -0.25) is 4.79 Å². The van der Waals surface area contributed by atoms with Crippen LogP contribution in [0.2, 0.25) is 0 Å². The van der Waals surface area contributed by atoms with Gasteiger partial charge in [0.2, 0.25) is 0 Å². The van der Waals surface area contributed by atoms with Crippen LogP contribution in [0.5, 0.6) is 5.75 Å². The van der Waals surface area contributed by atoms with Crippen LogP contribution in [0, 0.1) is 5.41 Å². The van der Waals surface area contributed by atoms with Crippen molar-refractivity contribution >= 4 is 11.8 Å². The summed E-state index contributed by atoms with van der Waals surface area (Å²) in [5, 5.41) is 3.39. The molecule has 1 saturated carbocycles. The van der Waals surface area contributed by atoms with Gasteiger partial charge in [-0.05, 0) is 62.1 Å². The topological polar surface area (TPSA) is 64.6 Å². The molecule has 30 heavy (non-hydrogen) atoms. The second-order valence-corrected chi connectivity index (χ2v) is 9.52. The van der Waals surface area contributed by atoms with E-state index in [1.165, 1.54) is 0 Å². The minimum absolute atomic E-state index is 0.0277. The third kappa shape index (κ3) is 3.90. The van der Waals surface area contributed by atoms with E-state index in [1.807, 2.05) is 31.2 Å². The predicted molar refractivity (Wildman–Crippen MR) is 115 cm³/mol. The molecule has 0 spiro atoms. The van der Waals surface area contributed by atoms with Crippen LogP contribution >= 0.6 is 0 Å². The first-order chi connectivity index (χ1) is 14.3. The van der Waals surface area contributed by atoms with Gasteiger partial charge in [0.25, 0.3) is 0 Å². The second kappa shape index (κ2) is 7.93. The minimum atomic E-state index is -0.436. The number of Topliss-reactive ketones (excluding diaryl/α,β-unsaturated/α-hetero) is 1. The fourth-order valence-corrected chi connectivity index (χ4v) is 5.08. The highest BCUT2D eigenvalue weighted by atomic mass is 16.5. The summed E-state index contributed by atoms with van der Waals surface area (Å²) >= 11 is 0. The lowest BCUT2D eigenvalue weighted by molar-refractivity contribution is -0.144. The number of ketones is 1. The van der Waals surface area contributed by atoms with Gasteiger partial charge < -0.3 is 14.8 Å². The molecule has 0 radical (unpaired) electrons. The van der Waals surface area contributed by atoms with Gasteiger partial charge in [0.1, 0.15) is 11.9 Å². The number of carbonyl (C=O) groups is 2. The van der Waals surface area contributed by atoms with Crippen molar-refractivity contribution in [1.82, 2.24) is 5.32 Å². The molecule has 1 N–H and O–H groups in total. The Labute approximate surface area is 178 Å². The number of methoxy groups -OCH3 is 1. The lowest BCUT2D eigenvalue weighted by Crippen LogP contribution is -2.39. The van der Waals surface area contributed by atoms with Gasteiger partial charge in [-0.1, -0.05) is 26.0 Å². The largest absolute Gasteiger partial charge is 0.497 e. The first kappa shape index (κ1) is 20.7. The second-order valence-electron chi connectivity index (χ2n) is 9.52. The van der Waals surface area contributed by atoms with E-state index in [1.54, 1.807) is 7.11 Å². The van der Waals surface area contributed by atoms with E-state index in [0.717, 1.165) is 49.1 Å². The van der Waals surface area contributed by atoms with Gasteiger partial charge in [-0.15, -0.1) is 0 Å². The van der Waals surface area contributed by atoms with E-state index in [9.17, 15) is 9.59 Å². The maximum absolute atomic E-state index is 13.3.